The maximum Gasteiger partial charge on any atom is 0.0641 e. The highest BCUT2D eigenvalue weighted by molar-refractivity contribution is 5.21. The largest absolute Gasteiger partial charge is 0.315 e. The topological polar surface area (TPSA) is 39.1 Å². The second kappa shape index (κ2) is 5.73. The molecule has 3 unspecified atom stereocenters. The van der Waals surface area contributed by atoms with Gasteiger partial charge in [-0.15, -0.1) is 0 Å². The van der Waals surface area contributed by atoms with Gasteiger partial charge in [-0.25, -0.2) is 0 Å². The Labute approximate surface area is 115 Å². The molecule has 0 bridgehead atoms. The molecule has 1 aromatic rings. The number of nitrogens with zero attached hydrogens (tertiary/aromatic N) is 2. The fourth-order valence-corrected chi connectivity index (χ4v) is 3.68. The van der Waals surface area contributed by atoms with Gasteiger partial charge in [0.15, 0.2) is 0 Å². The minimum Gasteiger partial charge on any atom is -0.315 e. The van der Waals surface area contributed by atoms with Crippen molar-refractivity contribution < 1.29 is 0 Å². The van der Waals surface area contributed by atoms with Crippen LogP contribution >= 0.6 is 0 Å². The summed E-state index contributed by atoms with van der Waals surface area (Å²) in [6.07, 6.45) is 3.19. The van der Waals surface area contributed by atoms with Gasteiger partial charge in [-0.05, 0) is 37.4 Å². The van der Waals surface area contributed by atoms with Crippen LogP contribution in [0.4, 0.5) is 0 Å². The maximum absolute atomic E-state index is 9.18. The van der Waals surface area contributed by atoms with Gasteiger partial charge in [0.2, 0.25) is 0 Å². The van der Waals surface area contributed by atoms with Gasteiger partial charge in [0.25, 0.3) is 0 Å². The van der Waals surface area contributed by atoms with Crippen molar-refractivity contribution in [2.45, 2.75) is 31.3 Å². The Balaban J connectivity index is 1.85. The maximum atomic E-state index is 9.18. The summed E-state index contributed by atoms with van der Waals surface area (Å²) in [5, 5.41) is 12.7. The van der Waals surface area contributed by atoms with Crippen molar-refractivity contribution in [3.8, 4) is 6.07 Å². The fraction of sp³-hybridized carbons (Fsp3) is 0.562. The fourth-order valence-electron chi connectivity index (χ4n) is 3.68. The average molecular weight is 255 g/mol. The van der Waals surface area contributed by atoms with Crippen LogP contribution in [-0.4, -0.2) is 30.6 Å². The first-order valence-corrected chi connectivity index (χ1v) is 7.28. The summed E-state index contributed by atoms with van der Waals surface area (Å²) in [7, 11) is 0. The van der Waals surface area contributed by atoms with Crippen LogP contribution in [0.15, 0.2) is 30.3 Å². The molecule has 19 heavy (non-hydrogen) atoms. The van der Waals surface area contributed by atoms with Crippen LogP contribution in [-0.2, 0) is 0 Å². The first-order valence-electron chi connectivity index (χ1n) is 7.28. The van der Waals surface area contributed by atoms with E-state index in [0.717, 1.165) is 25.6 Å². The van der Waals surface area contributed by atoms with E-state index in [4.69, 9.17) is 0 Å². The second-order valence-corrected chi connectivity index (χ2v) is 5.65. The SMILES string of the molecule is N#CCC(c1ccccc1)N1CCCC2CNCC21. The molecule has 2 heterocycles. The van der Waals surface area contributed by atoms with Crippen LogP contribution in [0, 0.1) is 17.2 Å². The Bertz CT molecular complexity index is 451. The molecule has 1 aromatic carbocycles. The summed E-state index contributed by atoms with van der Waals surface area (Å²) in [5.41, 5.74) is 1.29. The van der Waals surface area contributed by atoms with Crippen molar-refractivity contribution >= 4 is 0 Å². The van der Waals surface area contributed by atoms with Crippen molar-refractivity contribution in [2.75, 3.05) is 19.6 Å². The predicted octanol–water partition coefficient (Wildman–Crippen LogP) is 2.33. The van der Waals surface area contributed by atoms with Crippen molar-refractivity contribution in [1.82, 2.24) is 10.2 Å². The highest BCUT2D eigenvalue weighted by Gasteiger charge is 2.38. The average Bonchev–Trinajstić information content (AvgIpc) is 2.94. The zero-order valence-corrected chi connectivity index (χ0v) is 11.3. The third-order valence-electron chi connectivity index (χ3n) is 4.59. The monoisotopic (exact) mass is 255 g/mol. The molecule has 0 amide bonds. The van der Waals surface area contributed by atoms with Gasteiger partial charge >= 0.3 is 0 Å². The predicted molar refractivity (Wildman–Crippen MR) is 75.5 cm³/mol. The van der Waals surface area contributed by atoms with Gasteiger partial charge in [0.05, 0.1) is 12.5 Å². The van der Waals surface area contributed by atoms with Gasteiger partial charge in [-0.1, -0.05) is 30.3 Å². The van der Waals surface area contributed by atoms with E-state index in [1.807, 2.05) is 6.07 Å². The molecule has 0 spiro atoms. The lowest BCUT2D eigenvalue weighted by Gasteiger charge is -2.41. The molecule has 3 nitrogen and oxygen atoms in total. The van der Waals surface area contributed by atoms with Crippen LogP contribution in [0.25, 0.3) is 0 Å². The first kappa shape index (κ1) is 12.7. The second-order valence-electron chi connectivity index (χ2n) is 5.65. The number of nitriles is 1. The Morgan fingerprint density at radius 3 is 2.95 bits per heavy atom. The molecule has 3 atom stereocenters. The first-order chi connectivity index (χ1) is 9.40. The molecule has 0 aromatic heterocycles. The Hall–Kier alpha value is -1.37. The highest BCUT2D eigenvalue weighted by atomic mass is 15.2. The van der Waals surface area contributed by atoms with Crippen molar-refractivity contribution in [2.24, 2.45) is 5.92 Å². The van der Waals surface area contributed by atoms with E-state index in [-0.39, 0.29) is 6.04 Å². The van der Waals surface area contributed by atoms with E-state index in [2.05, 4.69) is 40.6 Å². The molecular weight excluding hydrogens is 234 g/mol. The standard InChI is InChI=1S/C16H21N3/c17-9-8-15(13-5-2-1-3-6-13)19-10-4-7-14-11-18-12-16(14)19/h1-3,5-6,14-16,18H,4,7-8,10-12H2. The molecule has 0 saturated carbocycles. The summed E-state index contributed by atoms with van der Waals surface area (Å²) in [6.45, 7) is 3.36. The molecule has 1 N–H and O–H groups in total. The van der Waals surface area contributed by atoms with Crippen LogP contribution in [0.5, 0.6) is 0 Å². The lowest BCUT2D eigenvalue weighted by molar-refractivity contribution is 0.0783. The number of benzene rings is 1. The van der Waals surface area contributed by atoms with E-state index >= 15 is 0 Å². The molecule has 2 fully saturated rings. The van der Waals surface area contributed by atoms with Crippen LogP contribution < -0.4 is 5.32 Å². The smallest absolute Gasteiger partial charge is 0.0641 e. The normalized spacial score (nSPS) is 28.6. The van der Waals surface area contributed by atoms with E-state index in [0.29, 0.717) is 12.5 Å². The molecule has 100 valence electrons. The number of rotatable bonds is 3. The molecule has 2 aliphatic heterocycles. The molecular formula is C16H21N3. The number of hydrogen-bond acceptors (Lipinski definition) is 3. The van der Waals surface area contributed by atoms with Gasteiger partial charge in [-0.2, -0.15) is 5.26 Å². The summed E-state index contributed by atoms with van der Waals surface area (Å²) in [5.74, 6) is 0.777. The lowest BCUT2D eigenvalue weighted by Crippen LogP contribution is -2.46. The Kier molecular flexibility index (Phi) is 3.82. The molecule has 0 aliphatic carbocycles. The van der Waals surface area contributed by atoms with Crippen molar-refractivity contribution in [3.05, 3.63) is 35.9 Å². The minimum atomic E-state index is 0.263. The summed E-state index contributed by atoms with van der Waals surface area (Å²) >= 11 is 0. The van der Waals surface area contributed by atoms with Crippen LogP contribution in [0.2, 0.25) is 0 Å². The lowest BCUT2D eigenvalue weighted by atomic mass is 9.88. The number of hydrogen-bond donors (Lipinski definition) is 1. The number of piperidine rings is 1. The van der Waals surface area contributed by atoms with Crippen LogP contribution in [0.1, 0.15) is 30.9 Å². The zero-order chi connectivity index (χ0) is 13.1. The Morgan fingerprint density at radius 1 is 1.32 bits per heavy atom. The number of likely N-dealkylation sites (tertiary alicyclic amines) is 1. The van der Waals surface area contributed by atoms with Gasteiger partial charge in [0, 0.05) is 18.6 Å². The van der Waals surface area contributed by atoms with Gasteiger partial charge in [-0.3, -0.25) is 4.90 Å². The van der Waals surface area contributed by atoms with Crippen molar-refractivity contribution in [1.29, 1.82) is 5.26 Å². The third-order valence-corrected chi connectivity index (χ3v) is 4.59. The molecule has 3 heteroatoms. The van der Waals surface area contributed by atoms with E-state index in [1.165, 1.54) is 18.4 Å². The zero-order valence-electron chi connectivity index (χ0n) is 11.3. The number of nitrogens with one attached hydrogen (secondary N) is 1. The number of fused-ring (bicyclic) bond motifs is 1. The Morgan fingerprint density at radius 2 is 2.16 bits per heavy atom. The molecule has 0 radical (unpaired) electrons. The molecule has 2 saturated heterocycles. The molecule has 2 aliphatic rings. The van der Waals surface area contributed by atoms with E-state index < -0.39 is 0 Å². The third kappa shape index (κ3) is 2.51. The van der Waals surface area contributed by atoms with E-state index in [1.54, 1.807) is 0 Å². The summed E-state index contributed by atoms with van der Waals surface area (Å²) in [4.78, 5) is 2.58. The molecule has 3 rings (SSSR count). The summed E-state index contributed by atoms with van der Waals surface area (Å²) < 4.78 is 0. The van der Waals surface area contributed by atoms with Gasteiger partial charge in [0.1, 0.15) is 0 Å². The van der Waals surface area contributed by atoms with E-state index in [9.17, 15) is 5.26 Å². The van der Waals surface area contributed by atoms with Crippen molar-refractivity contribution in [3.63, 3.8) is 0 Å². The van der Waals surface area contributed by atoms with Crippen LogP contribution in [0.3, 0.4) is 0 Å². The minimum absolute atomic E-state index is 0.263. The highest BCUT2D eigenvalue weighted by Crippen LogP contribution is 2.34. The quantitative estimate of drug-likeness (QED) is 0.901. The summed E-state index contributed by atoms with van der Waals surface area (Å²) in [6, 6.07) is 13.8. The van der Waals surface area contributed by atoms with Gasteiger partial charge < -0.3 is 5.32 Å².